The smallest absolute Gasteiger partial charge is 0.274 e. The van der Waals surface area contributed by atoms with Crippen LogP contribution in [0.5, 0.6) is 5.75 Å². The number of carbonyl (C=O) groups is 1. The van der Waals surface area contributed by atoms with Gasteiger partial charge in [0.1, 0.15) is 17.2 Å². The largest absolute Gasteiger partial charge is 0.492 e. The van der Waals surface area contributed by atoms with Crippen molar-refractivity contribution in [2.75, 3.05) is 11.9 Å². The second-order valence-electron chi connectivity index (χ2n) is 6.21. The van der Waals surface area contributed by atoms with E-state index in [2.05, 4.69) is 20.8 Å². The molecule has 0 saturated heterocycles. The van der Waals surface area contributed by atoms with Crippen LogP contribution in [0.15, 0.2) is 77.4 Å². The van der Waals surface area contributed by atoms with Crippen LogP contribution in [0, 0.1) is 0 Å². The van der Waals surface area contributed by atoms with E-state index < -0.39 is 5.91 Å². The van der Waals surface area contributed by atoms with Crippen LogP contribution < -0.4 is 10.1 Å². The molecule has 0 radical (unpaired) electrons. The first-order valence-corrected chi connectivity index (χ1v) is 9.39. The van der Waals surface area contributed by atoms with Crippen molar-refractivity contribution in [3.63, 3.8) is 0 Å². The number of nitrogens with zero attached hydrogens (tertiary/aromatic N) is 4. The molecule has 0 spiro atoms. The van der Waals surface area contributed by atoms with Gasteiger partial charge in [0, 0.05) is 11.6 Å². The van der Waals surface area contributed by atoms with E-state index in [1.54, 1.807) is 30.3 Å². The molecule has 2 aromatic heterocycles. The van der Waals surface area contributed by atoms with Crippen molar-refractivity contribution in [1.29, 1.82) is 0 Å². The van der Waals surface area contributed by atoms with E-state index in [1.165, 1.54) is 10.9 Å². The van der Waals surface area contributed by atoms with Crippen LogP contribution in [-0.4, -0.2) is 32.7 Å². The molecule has 0 bridgehead atoms. The zero-order chi connectivity index (χ0) is 20.8. The molecule has 4 aromatic rings. The van der Waals surface area contributed by atoms with Crippen LogP contribution in [0.3, 0.4) is 0 Å². The molecule has 8 heteroatoms. The minimum Gasteiger partial charge on any atom is -0.492 e. The summed E-state index contributed by atoms with van der Waals surface area (Å²) in [7, 11) is 0. The standard InChI is InChI=1S/C22H19N5O3/c1-2-29-20-13-7-6-12-18(20)23-22(28)19(15-17-11-8-14-30-17)27-21(24-25-26-27)16-9-4-3-5-10-16/h3-15H,2H2,1H3,(H,23,28)/b19-15+. The van der Waals surface area contributed by atoms with Crippen molar-refractivity contribution in [2.24, 2.45) is 0 Å². The lowest BCUT2D eigenvalue weighted by molar-refractivity contribution is -0.111. The Balaban J connectivity index is 1.74. The van der Waals surface area contributed by atoms with Crippen molar-refractivity contribution < 1.29 is 13.9 Å². The number of tetrazole rings is 1. The summed E-state index contributed by atoms with van der Waals surface area (Å²) in [5, 5.41) is 14.8. The van der Waals surface area contributed by atoms with Gasteiger partial charge in [-0.25, -0.2) is 0 Å². The van der Waals surface area contributed by atoms with Gasteiger partial charge < -0.3 is 14.5 Å². The summed E-state index contributed by atoms with van der Waals surface area (Å²) >= 11 is 0. The van der Waals surface area contributed by atoms with Gasteiger partial charge >= 0.3 is 0 Å². The highest BCUT2D eigenvalue weighted by molar-refractivity contribution is 6.24. The molecule has 0 atom stereocenters. The van der Waals surface area contributed by atoms with E-state index in [1.807, 2.05) is 49.4 Å². The molecule has 1 N–H and O–H groups in total. The molecular weight excluding hydrogens is 382 g/mol. The maximum atomic E-state index is 13.3. The number of amides is 1. The fourth-order valence-corrected chi connectivity index (χ4v) is 2.89. The van der Waals surface area contributed by atoms with Crippen molar-refractivity contribution >= 4 is 23.4 Å². The number of para-hydroxylation sites is 2. The van der Waals surface area contributed by atoms with Crippen LogP contribution in [0.25, 0.3) is 23.2 Å². The van der Waals surface area contributed by atoms with E-state index in [0.29, 0.717) is 29.6 Å². The van der Waals surface area contributed by atoms with E-state index in [9.17, 15) is 4.79 Å². The summed E-state index contributed by atoms with van der Waals surface area (Å²) in [6.07, 6.45) is 3.12. The summed E-state index contributed by atoms with van der Waals surface area (Å²) < 4.78 is 12.4. The first kappa shape index (κ1) is 19.1. The minimum atomic E-state index is -0.414. The van der Waals surface area contributed by atoms with Crippen molar-refractivity contribution in [1.82, 2.24) is 20.2 Å². The number of furan rings is 1. The maximum absolute atomic E-state index is 13.3. The first-order valence-electron chi connectivity index (χ1n) is 9.39. The highest BCUT2D eigenvalue weighted by atomic mass is 16.5. The summed E-state index contributed by atoms with van der Waals surface area (Å²) in [6.45, 7) is 2.36. The molecule has 150 valence electrons. The zero-order valence-corrected chi connectivity index (χ0v) is 16.2. The van der Waals surface area contributed by atoms with E-state index in [0.717, 1.165) is 5.56 Å². The lowest BCUT2D eigenvalue weighted by atomic mass is 10.2. The first-order chi connectivity index (χ1) is 14.8. The van der Waals surface area contributed by atoms with Gasteiger partial charge in [-0.1, -0.05) is 42.5 Å². The Kier molecular flexibility index (Phi) is 5.66. The topological polar surface area (TPSA) is 95.1 Å². The Morgan fingerprint density at radius 3 is 2.67 bits per heavy atom. The van der Waals surface area contributed by atoms with Gasteiger partial charge in [0.05, 0.1) is 18.6 Å². The number of ether oxygens (including phenoxy) is 1. The molecule has 30 heavy (non-hydrogen) atoms. The lowest BCUT2D eigenvalue weighted by Crippen LogP contribution is -2.20. The Morgan fingerprint density at radius 2 is 1.90 bits per heavy atom. The number of hydrogen-bond acceptors (Lipinski definition) is 6. The Labute approximate surface area is 172 Å². The van der Waals surface area contributed by atoms with E-state index >= 15 is 0 Å². The van der Waals surface area contributed by atoms with Crippen molar-refractivity contribution in [3.05, 3.63) is 78.8 Å². The molecule has 0 unspecified atom stereocenters. The SMILES string of the molecule is CCOc1ccccc1NC(=O)/C(=C\c1ccco1)n1nnnc1-c1ccccc1. The van der Waals surface area contributed by atoms with Gasteiger partial charge in [0.15, 0.2) is 5.82 Å². The zero-order valence-electron chi connectivity index (χ0n) is 16.2. The van der Waals surface area contributed by atoms with Gasteiger partial charge in [0.25, 0.3) is 5.91 Å². The van der Waals surface area contributed by atoms with Gasteiger partial charge in [-0.15, -0.1) is 5.10 Å². The number of carbonyl (C=O) groups excluding carboxylic acids is 1. The van der Waals surface area contributed by atoms with Gasteiger partial charge in [0.2, 0.25) is 0 Å². The second kappa shape index (κ2) is 8.87. The quantitative estimate of drug-likeness (QED) is 0.471. The molecule has 0 aliphatic heterocycles. The molecule has 2 heterocycles. The number of nitrogens with one attached hydrogen (secondary N) is 1. The molecular formula is C22H19N5O3. The number of aromatic nitrogens is 4. The molecule has 0 aliphatic carbocycles. The fourth-order valence-electron chi connectivity index (χ4n) is 2.89. The lowest BCUT2D eigenvalue weighted by Gasteiger charge is -2.13. The Bertz CT molecular complexity index is 1150. The highest BCUT2D eigenvalue weighted by Gasteiger charge is 2.21. The minimum absolute atomic E-state index is 0.195. The average Bonchev–Trinajstić information content (AvgIpc) is 3.46. The third kappa shape index (κ3) is 4.12. The summed E-state index contributed by atoms with van der Waals surface area (Å²) in [6, 6.07) is 20.1. The number of hydrogen-bond donors (Lipinski definition) is 1. The predicted molar refractivity (Wildman–Crippen MR) is 112 cm³/mol. The monoisotopic (exact) mass is 401 g/mol. The molecule has 0 fully saturated rings. The summed E-state index contributed by atoms with van der Waals surface area (Å²) in [5.74, 6) is 1.09. The van der Waals surface area contributed by atoms with Crippen LogP contribution in [0.1, 0.15) is 12.7 Å². The van der Waals surface area contributed by atoms with Crippen LogP contribution >= 0.6 is 0 Å². The molecule has 0 saturated carbocycles. The third-order valence-corrected chi connectivity index (χ3v) is 4.22. The number of anilines is 1. The van der Waals surface area contributed by atoms with Crippen LogP contribution in [0.4, 0.5) is 5.69 Å². The normalized spacial score (nSPS) is 11.3. The molecule has 0 aliphatic rings. The Morgan fingerprint density at radius 1 is 1.10 bits per heavy atom. The molecule has 1 amide bonds. The summed E-state index contributed by atoms with van der Waals surface area (Å²) in [5.41, 5.74) is 1.51. The second-order valence-corrected chi connectivity index (χ2v) is 6.21. The highest BCUT2D eigenvalue weighted by Crippen LogP contribution is 2.26. The van der Waals surface area contributed by atoms with Crippen molar-refractivity contribution in [3.8, 4) is 17.1 Å². The molecule has 2 aromatic carbocycles. The van der Waals surface area contributed by atoms with Crippen molar-refractivity contribution in [2.45, 2.75) is 6.92 Å². The number of rotatable bonds is 7. The predicted octanol–water partition coefficient (Wildman–Crippen LogP) is 3.97. The average molecular weight is 401 g/mol. The van der Waals surface area contributed by atoms with E-state index in [4.69, 9.17) is 9.15 Å². The molecule has 4 rings (SSSR count). The fraction of sp³-hybridized carbons (Fsp3) is 0.0909. The van der Waals surface area contributed by atoms with Crippen LogP contribution in [0.2, 0.25) is 0 Å². The van der Waals surface area contributed by atoms with Gasteiger partial charge in [-0.3, -0.25) is 4.79 Å². The van der Waals surface area contributed by atoms with Crippen LogP contribution in [-0.2, 0) is 4.79 Å². The number of benzene rings is 2. The Hall–Kier alpha value is -4.20. The van der Waals surface area contributed by atoms with E-state index in [-0.39, 0.29) is 5.70 Å². The maximum Gasteiger partial charge on any atom is 0.274 e. The third-order valence-electron chi connectivity index (χ3n) is 4.22. The summed E-state index contributed by atoms with van der Waals surface area (Å²) in [4.78, 5) is 13.3. The van der Waals surface area contributed by atoms with Gasteiger partial charge in [-0.05, 0) is 41.6 Å². The van der Waals surface area contributed by atoms with Gasteiger partial charge in [-0.2, -0.15) is 4.68 Å². The molecule has 8 nitrogen and oxygen atoms in total.